The third-order valence-electron chi connectivity index (χ3n) is 3.83. The first-order valence-corrected chi connectivity index (χ1v) is 6.93. The van der Waals surface area contributed by atoms with Crippen LogP contribution < -0.4 is 10.5 Å². The molecule has 1 atom stereocenters. The zero-order valence-electron chi connectivity index (χ0n) is 12.2. The van der Waals surface area contributed by atoms with Gasteiger partial charge in [-0.05, 0) is 41.1 Å². The van der Waals surface area contributed by atoms with Gasteiger partial charge in [-0.3, -0.25) is 4.98 Å². The third-order valence-corrected chi connectivity index (χ3v) is 3.83. The number of benzene rings is 2. The molecule has 0 radical (unpaired) electrons. The molecule has 1 unspecified atom stereocenters. The van der Waals surface area contributed by atoms with Crippen molar-refractivity contribution >= 4 is 10.8 Å². The maximum absolute atomic E-state index is 6.48. The van der Waals surface area contributed by atoms with E-state index in [1.54, 1.807) is 13.3 Å². The summed E-state index contributed by atoms with van der Waals surface area (Å²) in [4.78, 5) is 4.17. The Morgan fingerprint density at radius 1 is 1.14 bits per heavy atom. The van der Waals surface area contributed by atoms with Crippen molar-refractivity contribution < 1.29 is 4.74 Å². The molecule has 2 N–H and O–H groups in total. The summed E-state index contributed by atoms with van der Waals surface area (Å²) >= 11 is 0. The van der Waals surface area contributed by atoms with E-state index in [4.69, 9.17) is 10.5 Å². The molecule has 1 aromatic heterocycles. The Bertz CT molecular complexity index is 778. The van der Waals surface area contributed by atoms with E-state index in [1.165, 1.54) is 0 Å². The Hall–Kier alpha value is -2.39. The summed E-state index contributed by atoms with van der Waals surface area (Å²) in [5, 5.41) is 2.25. The molecule has 106 valence electrons. The lowest BCUT2D eigenvalue weighted by molar-refractivity contribution is 0.411. The molecule has 0 aliphatic rings. The summed E-state index contributed by atoms with van der Waals surface area (Å²) in [6.07, 6.45) is 3.67. The van der Waals surface area contributed by atoms with E-state index in [0.29, 0.717) is 0 Å². The van der Waals surface area contributed by atoms with Crippen molar-refractivity contribution in [1.82, 2.24) is 4.98 Å². The molecule has 0 fully saturated rings. The van der Waals surface area contributed by atoms with Gasteiger partial charge >= 0.3 is 0 Å². The van der Waals surface area contributed by atoms with Crippen molar-refractivity contribution in [2.45, 2.75) is 13.0 Å². The van der Waals surface area contributed by atoms with E-state index in [9.17, 15) is 0 Å². The van der Waals surface area contributed by atoms with Gasteiger partial charge in [-0.25, -0.2) is 0 Å². The number of aryl methyl sites for hydroxylation is 1. The van der Waals surface area contributed by atoms with Gasteiger partial charge < -0.3 is 10.5 Å². The minimum absolute atomic E-state index is 0.166. The fraction of sp³-hybridized carbons (Fsp3) is 0.167. The molecule has 3 heteroatoms. The fourth-order valence-electron chi connectivity index (χ4n) is 2.69. The zero-order valence-corrected chi connectivity index (χ0v) is 12.2. The average molecular weight is 278 g/mol. The lowest BCUT2D eigenvalue weighted by atomic mass is 9.94. The van der Waals surface area contributed by atoms with Crippen molar-refractivity contribution in [3.05, 3.63) is 71.5 Å². The molecule has 3 nitrogen and oxygen atoms in total. The van der Waals surface area contributed by atoms with Crippen LogP contribution in [0.15, 0.2) is 54.9 Å². The van der Waals surface area contributed by atoms with E-state index in [1.807, 2.05) is 37.4 Å². The van der Waals surface area contributed by atoms with Crippen LogP contribution >= 0.6 is 0 Å². The Morgan fingerprint density at radius 3 is 2.76 bits per heavy atom. The van der Waals surface area contributed by atoms with Gasteiger partial charge in [0.25, 0.3) is 0 Å². The normalized spacial score (nSPS) is 12.3. The second kappa shape index (κ2) is 5.54. The Labute approximate surface area is 124 Å². The first kappa shape index (κ1) is 13.6. The van der Waals surface area contributed by atoms with Crippen LogP contribution in [0, 0.1) is 6.92 Å². The van der Waals surface area contributed by atoms with E-state index >= 15 is 0 Å². The monoisotopic (exact) mass is 278 g/mol. The van der Waals surface area contributed by atoms with Gasteiger partial charge in [0.2, 0.25) is 0 Å². The summed E-state index contributed by atoms with van der Waals surface area (Å²) in [7, 11) is 1.68. The second-order valence-electron chi connectivity index (χ2n) is 5.15. The molecule has 0 aliphatic heterocycles. The molecular formula is C18H18N2O. The molecular weight excluding hydrogens is 260 g/mol. The van der Waals surface area contributed by atoms with Crippen LogP contribution in [0.3, 0.4) is 0 Å². The SMILES string of the molecule is COc1ccc(C(N)c2cccc3cnccc23)cc1C. The number of ether oxygens (including phenoxy) is 1. The smallest absolute Gasteiger partial charge is 0.121 e. The van der Waals surface area contributed by atoms with Gasteiger partial charge in [0.15, 0.2) is 0 Å². The summed E-state index contributed by atoms with van der Waals surface area (Å²) in [6.45, 7) is 2.03. The maximum atomic E-state index is 6.48. The van der Waals surface area contributed by atoms with Crippen molar-refractivity contribution in [3.8, 4) is 5.75 Å². The van der Waals surface area contributed by atoms with E-state index in [0.717, 1.165) is 33.2 Å². The van der Waals surface area contributed by atoms with E-state index in [2.05, 4.69) is 23.2 Å². The quantitative estimate of drug-likeness (QED) is 0.796. The third kappa shape index (κ3) is 2.48. The first-order valence-electron chi connectivity index (χ1n) is 6.93. The van der Waals surface area contributed by atoms with Crippen LogP contribution in [0.5, 0.6) is 5.75 Å². The lowest BCUT2D eigenvalue weighted by Gasteiger charge is -2.16. The van der Waals surface area contributed by atoms with E-state index < -0.39 is 0 Å². The van der Waals surface area contributed by atoms with Gasteiger partial charge in [-0.2, -0.15) is 0 Å². The highest BCUT2D eigenvalue weighted by molar-refractivity contribution is 5.85. The van der Waals surface area contributed by atoms with Gasteiger partial charge in [-0.1, -0.05) is 30.3 Å². The number of aromatic nitrogens is 1. The van der Waals surface area contributed by atoms with Crippen LogP contribution in [0.25, 0.3) is 10.8 Å². The largest absolute Gasteiger partial charge is 0.496 e. The van der Waals surface area contributed by atoms with Gasteiger partial charge in [0.1, 0.15) is 5.75 Å². The van der Waals surface area contributed by atoms with Crippen LogP contribution in [-0.2, 0) is 0 Å². The Balaban J connectivity index is 2.08. The van der Waals surface area contributed by atoms with Gasteiger partial charge in [0, 0.05) is 17.8 Å². The Kier molecular flexibility index (Phi) is 3.59. The molecule has 0 spiro atoms. The van der Waals surface area contributed by atoms with Crippen molar-refractivity contribution in [1.29, 1.82) is 0 Å². The summed E-state index contributed by atoms with van der Waals surface area (Å²) in [5.74, 6) is 0.882. The number of pyridine rings is 1. The standard InChI is InChI=1S/C18H18N2O/c1-12-10-13(6-7-17(12)21-2)18(19)16-5-3-4-14-11-20-9-8-15(14)16/h3-11,18H,19H2,1-2H3. The molecule has 0 bridgehead atoms. The maximum Gasteiger partial charge on any atom is 0.121 e. The number of rotatable bonds is 3. The topological polar surface area (TPSA) is 48.1 Å². The number of fused-ring (bicyclic) bond motifs is 1. The molecule has 0 aliphatic carbocycles. The first-order chi connectivity index (χ1) is 10.2. The molecule has 0 saturated heterocycles. The number of nitrogens with zero attached hydrogens (tertiary/aromatic N) is 1. The van der Waals surface area contributed by atoms with Crippen LogP contribution in [0.1, 0.15) is 22.7 Å². The molecule has 0 amide bonds. The molecule has 3 aromatic rings. The Morgan fingerprint density at radius 2 is 2.00 bits per heavy atom. The summed E-state index contributed by atoms with van der Waals surface area (Å²) < 4.78 is 5.31. The average Bonchev–Trinajstić information content (AvgIpc) is 2.53. The van der Waals surface area contributed by atoms with Crippen LogP contribution in [-0.4, -0.2) is 12.1 Å². The van der Waals surface area contributed by atoms with Crippen LogP contribution in [0.4, 0.5) is 0 Å². The number of nitrogens with two attached hydrogens (primary N) is 1. The predicted octanol–water partition coefficient (Wildman–Crippen LogP) is 3.60. The van der Waals surface area contributed by atoms with Crippen molar-refractivity contribution in [2.75, 3.05) is 7.11 Å². The van der Waals surface area contributed by atoms with E-state index in [-0.39, 0.29) is 6.04 Å². The lowest BCUT2D eigenvalue weighted by Crippen LogP contribution is -2.12. The van der Waals surface area contributed by atoms with Crippen molar-refractivity contribution in [2.24, 2.45) is 5.73 Å². The number of methoxy groups -OCH3 is 1. The predicted molar refractivity (Wildman–Crippen MR) is 85.5 cm³/mol. The fourth-order valence-corrected chi connectivity index (χ4v) is 2.69. The highest BCUT2D eigenvalue weighted by Gasteiger charge is 2.13. The highest BCUT2D eigenvalue weighted by atomic mass is 16.5. The van der Waals surface area contributed by atoms with Crippen LogP contribution in [0.2, 0.25) is 0 Å². The minimum Gasteiger partial charge on any atom is -0.496 e. The summed E-state index contributed by atoms with van der Waals surface area (Å²) in [5.41, 5.74) is 9.76. The zero-order chi connectivity index (χ0) is 14.8. The molecule has 2 aromatic carbocycles. The summed E-state index contributed by atoms with van der Waals surface area (Å²) in [6, 6.07) is 14.1. The molecule has 3 rings (SSSR count). The second-order valence-corrected chi connectivity index (χ2v) is 5.15. The highest BCUT2D eigenvalue weighted by Crippen LogP contribution is 2.29. The number of hydrogen-bond donors (Lipinski definition) is 1. The molecule has 0 saturated carbocycles. The van der Waals surface area contributed by atoms with Gasteiger partial charge in [-0.15, -0.1) is 0 Å². The number of hydrogen-bond acceptors (Lipinski definition) is 3. The minimum atomic E-state index is -0.166. The van der Waals surface area contributed by atoms with Gasteiger partial charge in [0.05, 0.1) is 13.2 Å². The molecule has 21 heavy (non-hydrogen) atoms. The molecule has 1 heterocycles. The van der Waals surface area contributed by atoms with Crippen molar-refractivity contribution in [3.63, 3.8) is 0 Å².